The van der Waals surface area contributed by atoms with E-state index >= 15 is 0 Å². The van der Waals surface area contributed by atoms with Crippen molar-refractivity contribution in [3.8, 4) is 0 Å². The van der Waals surface area contributed by atoms with Crippen molar-refractivity contribution in [3.63, 3.8) is 0 Å². The zero-order valence-electron chi connectivity index (χ0n) is 11.5. The Labute approximate surface area is 123 Å². The van der Waals surface area contributed by atoms with Crippen molar-refractivity contribution >= 4 is 23.4 Å². The Kier molecular flexibility index (Phi) is 5.07. The number of hydrogen-bond acceptors (Lipinski definition) is 3. The van der Waals surface area contributed by atoms with Gasteiger partial charge in [-0.05, 0) is 23.8 Å². The van der Waals surface area contributed by atoms with Crippen LogP contribution < -0.4 is 5.73 Å². The molecule has 104 valence electrons. The van der Waals surface area contributed by atoms with Crippen LogP contribution in [-0.2, 0) is 11.3 Å². The standard InChI is InChI=1S/C16H18N2OS/c1-18(11-13-7-5-6-10-15(13)17)16(19)12-20-14-8-3-2-4-9-14/h2-10H,11-12,17H2,1H3. The van der Waals surface area contributed by atoms with Crippen LogP contribution in [0.3, 0.4) is 0 Å². The molecule has 2 aromatic carbocycles. The Morgan fingerprint density at radius 1 is 1.10 bits per heavy atom. The lowest BCUT2D eigenvalue weighted by Crippen LogP contribution is -2.28. The summed E-state index contributed by atoms with van der Waals surface area (Å²) < 4.78 is 0. The second-order valence-corrected chi connectivity index (χ2v) is 5.60. The van der Waals surface area contributed by atoms with Gasteiger partial charge in [-0.25, -0.2) is 0 Å². The van der Waals surface area contributed by atoms with Crippen LogP contribution in [0.1, 0.15) is 5.56 Å². The molecular weight excluding hydrogens is 268 g/mol. The highest BCUT2D eigenvalue weighted by atomic mass is 32.2. The molecule has 0 saturated heterocycles. The molecule has 0 aromatic heterocycles. The molecule has 0 aliphatic carbocycles. The second kappa shape index (κ2) is 7.01. The largest absolute Gasteiger partial charge is 0.398 e. The summed E-state index contributed by atoms with van der Waals surface area (Å²) in [6, 6.07) is 17.6. The molecule has 0 saturated carbocycles. The minimum Gasteiger partial charge on any atom is -0.398 e. The highest BCUT2D eigenvalue weighted by Gasteiger charge is 2.10. The Hall–Kier alpha value is -1.94. The van der Waals surface area contributed by atoms with Crippen LogP contribution in [0, 0.1) is 0 Å². The van der Waals surface area contributed by atoms with Gasteiger partial charge in [-0.3, -0.25) is 4.79 Å². The van der Waals surface area contributed by atoms with E-state index in [1.165, 1.54) is 0 Å². The van der Waals surface area contributed by atoms with Crippen molar-refractivity contribution in [2.24, 2.45) is 0 Å². The summed E-state index contributed by atoms with van der Waals surface area (Å²) in [4.78, 5) is 14.9. The molecular formula is C16H18N2OS. The van der Waals surface area contributed by atoms with E-state index in [2.05, 4.69) is 0 Å². The fourth-order valence-corrected chi connectivity index (χ4v) is 2.65. The van der Waals surface area contributed by atoms with Crippen molar-refractivity contribution in [1.82, 2.24) is 4.90 Å². The van der Waals surface area contributed by atoms with E-state index in [4.69, 9.17) is 5.73 Å². The second-order valence-electron chi connectivity index (χ2n) is 4.55. The lowest BCUT2D eigenvalue weighted by Gasteiger charge is -2.18. The number of rotatable bonds is 5. The predicted molar refractivity (Wildman–Crippen MR) is 84.5 cm³/mol. The molecule has 4 heteroatoms. The lowest BCUT2D eigenvalue weighted by molar-refractivity contribution is -0.127. The lowest BCUT2D eigenvalue weighted by atomic mass is 10.2. The molecule has 0 atom stereocenters. The molecule has 0 fully saturated rings. The van der Waals surface area contributed by atoms with E-state index in [-0.39, 0.29) is 5.91 Å². The fourth-order valence-electron chi connectivity index (χ4n) is 1.79. The molecule has 1 amide bonds. The van der Waals surface area contributed by atoms with Crippen LogP contribution in [0.5, 0.6) is 0 Å². The molecule has 2 rings (SSSR count). The van der Waals surface area contributed by atoms with Crippen LogP contribution >= 0.6 is 11.8 Å². The summed E-state index contributed by atoms with van der Waals surface area (Å²) in [6.07, 6.45) is 0. The third-order valence-corrected chi connectivity index (χ3v) is 3.99. The van der Waals surface area contributed by atoms with E-state index in [1.54, 1.807) is 23.7 Å². The van der Waals surface area contributed by atoms with Gasteiger partial charge in [0.2, 0.25) is 5.91 Å². The molecule has 0 aliphatic rings. The van der Waals surface area contributed by atoms with Crippen LogP contribution in [-0.4, -0.2) is 23.6 Å². The van der Waals surface area contributed by atoms with Gasteiger partial charge in [-0.15, -0.1) is 11.8 Å². The first-order valence-electron chi connectivity index (χ1n) is 6.42. The number of nitrogen functional groups attached to an aromatic ring is 1. The van der Waals surface area contributed by atoms with Gasteiger partial charge in [0.25, 0.3) is 0 Å². The van der Waals surface area contributed by atoms with Gasteiger partial charge in [-0.2, -0.15) is 0 Å². The first kappa shape index (κ1) is 14.5. The fraction of sp³-hybridized carbons (Fsp3) is 0.188. The summed E-state index contributed by atoms with van der Waals surface area (Å²) in [5, 5.41) is 0. The molecule has 3 nitrogen and oxygen atoms in total. The third kappa shape index (κ3) is 4.03. The quantitative estimate of drug-likeness (QED) is 0.679. The van der Waals surface area contributed by atoms with Gasteiger partial charge < -0.3 is 10.6 Å². The number of amides is 1. The van der Waals surface area contributed by atoms with Crippen molar-refractivity contribution < 1.29 is 4.79 Å². The maximum atomic E-state index is 12.1. The summed E-state index contributed by atoms with van der Waals surface area (Å²) in [5.41, 5.74) is 7.60. The number of anilines is 1. The molecule has 2 N–H and O–H groups in total. The van der Waals surface area contributed by atoms with Crippen molar-refractivity contribution in [2.75, 3.05) is 18.5 Å². The maximum absolute atomic E-state index is 12.1. The zero-order valence-corrected chi connectivity index (χ0v) is 12.3. The van der Waals surface area contributed by atoms with Crippen LogP contribution in [0.4, 0.5) is 5.69 Å². The first-order chi connectivity index (χ1) is 9.66. The van der Waals surface area contributed by atoms with Crippen LogP contribution in [0.25, 0.3) is 0 Å². The average Bonchev–Trinajstić information content (AvgIpc) is 2.48. The van der Waals surface area contributed by atoms with Crippen molar-refractivity contribution in [2.45, 2.75) is 11.4 Å². The number of benzene rings is 2. The van der Waals surface area contributed by atoms with E-state index < -0.39 is 0 Å². The Bertz CT molecular complexity index is 572. The number of nitrogens with two attached hydrogens (primary N) is 1. The molecule has 0 unspecified atom stereocenters. The number of carbonyl (C=O) groups excluding carboxylic acids is 1. The van der Waals surface area contributed by atoms with Gasteiger partial charge >= 0.3 is 0 Å². The molecule has 0 spiro atoms. The van der Waals surface area contributed by atoms with E-state index in [1.807, 2.05) is 54.6 Å². The van der Waals surface area contributed by atoms with Gasteiger partial charge in [0.05, 0.1) is 5.75 Å². The molecule has 20 heavy (non-hydrogen) atoms. The zero-order chi connectivity index (χ0) is 14.4. The summed E-state index contributed by atoms with van der Waals surface area (Å²) >= 11 is 1.55. The van der Waals surface area contributed by atoms with E-state index in [9.17, 15) is 4.79 Å². The Balaban J connectivity index is 1.88. The topological polar surface area (TPSA) is 46.3 Å². The van der Waals surface area contributed by atoms with Crippen LogP contribution in [0.15, 0.2) is 59.5 Å². The Morgan fingerprint density at radius 3 is 2.45 bits per heavy atom. The monoisotopic (exact) mass is 286 g/mol. The third-order valence-electron chi connectivity index (χ3n) is 2.99. The minimum absolute atomic E-state index is 0.0992. The first-order valence-corrected chi connectivity index (χ1v) is 7.40. The smallest absolute Gasteiger partial charge is 0.232 e. The van der Waals surface area contributed by atoms with Gasteiger partial charge in [0, 0.05) is 24.2 Å². The van der Waals surface area contributed by atoms with Gasteiger partial charge in [-0.1, -0.05) is 36.4 Å². The van der Waals surface area contributed by atoms with E-state index in [0.717, 1.165) is 16.1 Å². The summed E-state index contributed by atoms with van der Waals surface area (Å²) in [6.45, 7) is 0.543. The molecule has 0 bridgehead atoms. The number of carbonyl (C=O) groups is 1. The molecule has 0 aliphatic heterocycles. The van der Waals surface area contributed by atoms with Crippen LogP contribution in [0.2, 0.25) is 0 Å². The molecule has 2 aromatic rings. The normalized spacial score (nSPS) is 10.2. The SMILES string of the molecule is CN(Cc1ccccc1N)C(=O)CSc1ccccc1. The number of nitrogens with zero attached hydrogens (tertiary/aromatic N) is 1. The molecule has 0 heterocycles. The Morgan fingerprint density at radius 2 is 1.75 bits per heavy atom. The van der Waals surface area contributed by atoms with E-state index in [0.29, 0.717) is 12.3 Å². The number of para-hydroxylation sites is 1. The average molecular weight is 286 g/mol. The molecule has 0 radical (unpaired) electrons. The van der Waals surface area contributed by atoms with Crippen molar-refractivity contribution in [3.05, 3.63) is 60.2 Å². The predicted octanol–water partition coefficient (Wildman–Crippen LogP) is 3.02. The highest BCUT2D eigenvalue weighted by molar-refractivity contribution is 8.00. The highest BCUT2D eigenvalue weighted by Crippen LogP contribution is 2.18. The van der Waals surface area contributed by atoms with Gasteiger partial charge in [0.15, 0.2) is 0 Å². The summed E-state index contributed by atoms with van der Waals surface area (Å²) in [7, 11) is 1.81. The van der Waals surface area contributed by atoms with Gasteiger partial charge in [0.1, 0.15) is 0 Å². The summed E-state index contributed by atoms with van der Waals surface area (Å²) in [5.74, 6) is 0.537. The van der Waals surface area contributed by atoms with Crippen molar-refractivity contribution in [1.29, 1.82) is 0 Å². The number of hydrogen-bond donors (Lipinski definition) is 1. The number of thioether (sulfide) groups is 1. The minimum atomic E-state index is 0.0992. The maximum Gasteiger partial charge on any atom is 0.232 e.